The van der Waals surface area contributed by atoms with E-state index in [4.69, 9.17) is 0 Å². The van der Waals surface area contributed by atoms with Gasteiger partial charge in [-0.15, -0.1) is 0 Å². The molecule has 0 spiro atoms. The number of benzene rings is 1. The molecule has 2 fully saturated rings. The third-order valence-corrected chi connectivity index (χ3v) is 5.26. The first-order valence-corrected chi connectivity index (χ1v) is 8.19. The van der Waals surface area contributed by atoms with E-state index in [0.29, 0.717) is 0 Å². The first-order valence-electron chi connectivity index (χ1n) is 8.19. The summed E-state index contributed by atoms with van der Waals surface area (Å²) in [6.07, 6.45) is 7.96. The molecular formula is C18H23N3. The minimum absolute atomic E-state index is 0.883. The molecule has 3 nitrogen and oxygen atoms in total. The molecule has 110 valence electrons. The Labute approximate surface area is 126 Å². The Hall–Kier alpha value is -1.61. The van der Waals surface area contributed by atoms with Crippen LogP contribution in [-0.2, 0) is 6.54 Å². The average Bonchev–Trinajstić information content (AvgIpc) is 3.24. The van der Waals surface area contributed by atoms with Crippen molar-refractivity contribution in [2.24, 2.45) is 17.8 Å². The van der Waals surface area contributed by atoms with Crippen molar-refractivity contribution in [3.05, 3.63) is 48.3 Å². The third-order valence-electron chi connectivity index (χ3n) is 5.26. The lowest BCUT2D eigenvalue weighted by atomic mass is 9.89. The van der Waals surface area contributed by atoms with Crippen LogP contribution in [-0.4, -0.2) is 16.3 Å². The van der Waals surface area contributed by atoms with Gasteiger partial charge in [0.1, 0.15) is 0 Å². The molecule has 2 aliphatic rings. The van der Waals surface area contributed by atoms with Gasteiger partial charge in [-0.05, 0) is 61.8 Å². The van der Waals surface area contributed by atoms with Crippen molar-refractivity contribution in [2.75, 3.05) is 6.54 Å². The summed E-state index contributed by atoms with van der Waals surface area (Å²) in [7, 11) is 0. The van der Waals surface area contributed by atoms with E-state index in [1.807, 2.05) is 29.1 Å². The summed E-state index contributed by atoms with van der Waals surface area (Å²) in [6, 6.07) is 12.4. The Morgan fingerprint density at radius 3 is 2.76 bits per heavy atom. The maximum absolute atomic E-state index is 4.65. The van der Waals surface area contributed by atoms with Crippen LogP contribution in [0.4, 0.5) is 0 Å². The normalized spacial score (nSPS) is 27.3. The molecule has 3 atom stereocenters. The van der Waals surface area contributed by atoms with Gasteiger partial charge in [-0.25, -0.2) is 4.68 Å². The molecule has 0 saturated heterocycles. The smallest absolute Gasteiger partial charge is 0.0766 e. The first kappa shape index (κ1) is 13.1. The highest BCUT2D eigenvalue weighted by atomic mass is 15.3. The van der Waals surface area contributed by atoms with Gasteiger partial charge in [-0.1, -0.05) is 24.6 Å². The molecule has 3 unspecified atom stereocenters. The maximum Gasteiger partial charge on any atom is 0.0766 e. The van der Waals surface area contributed by atoms with E-state index in [1.165, 1.54) is 32.2 Å². The van der Waals surface area contributed by atoms with E-state index in [2.05, 4.69) is 28.6 Å². The number of fused-ring (bicyclic) bond motifs is 2. The fourth-order valence-electron chi connectivity index (χ4n) is 4.19. The highest BCUT2D eigenvalue weighted by Gasteiger charge is 2.38. The zero-order chi connectivity index (χ0) is 14.1. The average molecular weight is 281 g/mol. The van der Waals surface area contributed by atoms with Crippen LogP contribution < -0.4 is 5.32 Å². The van der Waals surface area contributed by atoms with Crippen LogP contribution in [0.15, 0.2) is 42.6 Å². The van der Waals surface area contributed by atoms with Gasteiger partial charge >= 0.3 is 0 Å². The number of rotatable bonds is 5. The summed E-state index contributed by atoms with van der Waals surface area (Å²) in [5.74, 6) is 2.96. The number of para-hydroxylation sites is 1. The maximum atomic E-state index is 4.65. The number of hydrogen-bond acceptors (Lipinski definition) is 2. The zero-order valence-corrected chi connectivity index (χ0v) is 12.4. The molecule has 0 radical (unpaired) electrons. The van der Waals surface area contributed by atoms with Crippen LogP contribution in [0.2, 0.25) is 0 Å². The van der Waals surface area contributed by atoms with E-state index >= 15 is 0 Å². The SMILES string of the molecule is c1ccc(-n2ccc(CNCC3CC4CCC3C4)n2)cc1. The van der Waals surface area contributed by atoms with E-state index < -0.39 is 0 Å². The molecule has 2 bridgehead atoms. The van der Waals surface area contributed by atoms with Crippen molar-refractivity contribution < 1.29 is 0 Å². The van der Waals surface area contributed by atoms with Crippen LogP contribution in [0.3, 0.4) is 0 Å². The van der Waals surface area contributed by atoms with Gasteiger partial charge in [0.05, 0.1) is 11.4 Å². The largest absolute Gasteiger partial charge is 0.311 e. The highest BCUT2D eigenvalue weighted by Crippen LogP contribution is 2.47. The van der Waals surface area contributed by atoms with Gasteiger partial charge < -0.3 is 5.32 Å². The standard InChI is InChI=1S/C18H23N3/c1-2-4-18(5-3-1)21-9-8-17(20-21)13-19-12-16-11-14-6-7-15(16)10-14/h1-5,8-9,14-16,19H,6-7,10-13H2. The number of aromatic nitrogens is 2. The van der Waals surface area contributed by atoms with Crippen LogP contribution in [0, 0.1) is 17.8 Å². The summed E-state index contributed by atoms with van der Waals surface area (Å²) < 4.78 is 1.95. The van der Waals surface area contributed by atoms with Crippen LogP contribution in [0.1, 0.15) is 31.4 Å². The van der Waals surface area contributed by atoms with Crippen molar-refractivity contribution >= 4 is 0 Å². The van der Waals surface area contributed by atoms with Crippen LogP contribution >= 0.6 is 0 Å². The topological polar surface area (TPSA) is 29.9 Å². The molecule has 1 N–H and O–H groups in total. The summed E-state index contributed by atoms with van der Waals surface area (Å²) in [5.41, 5.74) is 2.25. The van der Waals surface area contributed by atoms with E-state index in [1.54, 1.807) is 0 Å². The molecule has 0 aliphatic heterocycles. The van der Waals surface area contributed by atoms with Gasteiger partial charge in [0, 0.05) is 12.7 Å². The minimum Gasteiger partial charge on any atom is -0.311 e. The quantitative estimate of drug-likeness (QED) is 0.910. The van der Waals surface area contributed by atoms with E-state index in [-0.39, 0.29) is 0 Å². The zero-order valence-electron chi connectivity index (χ0n) is 12.4. The van der Waals surface area contributed by atoms with Gasteiger partial charge in [0.2, 0.25) is 0 Å². The second kappa shape index (κ2) is 5.64. The summed E-state index contributed by atoms with van der Waals surface area (Å²) >= 11 is 0. The Kier molecular flexibility index (Phi) is 3.52. The molecule has 2 aliphatic carbocycles. The monoisotopic (exact) mass is 281 g/mol. The molecule has 4 rings (SSSR count). The molecule has 1 aromatic heterocycles. The number of nitrogens with zero attached hydrogens (tertiary/aromatic N) is 2. The van der Waals surface area contributed by atoms with Crippen LogP contribution in [0.5, 0.6) is 0 Å². The number of hydrogen-bond donors (Lipinski definition) is 1. The Balaban J connectivity index is 1.31. The highest BCUT2D eigenvalue weighted by molar-refractivity contribution is 5.30. The Morgan fingerprint density at radius 1 is 1.10 bits per heavy atom. The number of nitrogens with one attached hydrogen (secondary N) is 1. The predicted molar refractivity (Wildman–Crippen MR) is 84.2 cm³/mol. The Morgan fingerprint density at radius 2 is 2.00 bits per heavy atom. The molecule has 1 aromatic carbocycles. The fourth-order valence-corrected chi connectivity index (χ4v) is 4.19. The summed E-state index contributed by atoms with van der Waals surface area (Å²) in [6.45, 7) is 2.05. The summed E-state index contributed by atoms with van der Waals surface area (Å²) in [5, 5.41) is 8.26. The lowest BCUT2D eigenvalue weighted by Crippen LogP contribution is -2.26. The Bertz CT molecular complexity index is 590. The van der Waals surface area contributed by atoms with Gasteiger partial charge in [0.15, 0.2) is 0 Å². The van der Waals surface area contributed by atoms with Crippen LogP contribution in [0.25, 0.3) is 5.69 Å². The molecule has 2 aromatic rings. The van der Waals surface area contributed by atoms with E-state index in [9.17, 15) is 0 Å². The molecule has 1 heterocycles. The second-order valence-electron chi connectivity index (χ2n) is 6.65. The van der Waals surface area contributed by atoms with Gasteiger partial charge in [0.25, 0.3) is 0 Å². The van der Waals surface area contributed by atoms with Crippen molar-refractivity contribution in [1.82, 2.24) is 15.1 Å². The molecule has 2 saturated carbocycles. The van der Waals surface area contributed by atoms with Gasteiger partial charge in [-0.2, -0.15) is 5.10 Å². The van der Waals surface area contributed by atoms with E-state index in [0.717, 1.165) is 35.7 Å². The lowest BCUT2D eigenvalue weighted by Gasteiger charge is -2.21. The third kappa shape index (κ3) is 2.75. The van der Waals surface area contributed by atoms with Crippen molar-refractivity contribution in [2.45, 2.75) is 32.2 Å². The predicted octanol–water partition coefficient (Wildman–Crippen LogP) is 3.40. The molecular weight excluding hydrogens is 258 g/mol. The minimum atomic E-state index is 0.883. The lowest BCUT2D eigenvalue weighted by molar-refractivity contribution is 0.318. The molecule has 21 heavy (non-hydrogen) atoms. The second-order valence-corrected chi connectivity index (χ2v) is 6.65. The fraction of sp³-hybridized carbons (Fsp3) is 0.500. The van der Waals surface area contributed by atoms with Crippen molar-refractivity contribution in [3.8, 4) is 5.69 Å². The van der Waals surface area contributed by atoms with Crippen molar-refractivity contribution in [1.29, 1.82) is 0 Å². The molecule has 3 heteroatoms. The summed E-state index contributed by atoms with van der Waals surface area (Å²) in [4.78, 5) is 0. The molecule has 0 amide bonds. The van der Waals surface area contributed by atoms with Crippen molar-refractivity contribution in [3.63, 3.8) is 0 Å². The van der Waals surface area contributed by atoms with Gasteiger partial charge in [-0.3, -0.25) is 0 Å². The first-order chi connectivity index (χ1) is 10.4.